The van der Waals surface area contributed by atoms with E-state index in [1.54, 1.807) is 7.05 Å². The summed E-state index contributed by atoms with van der Waals surface area (Å²) in [5.41, 5.74) is 1.93. The lowest BCUT2D eigenvalue weighted by Gasteiger charge is -2.11. The van der Waals surface area contributed by atoms with Gasteiger partial charge in [0.15, 0.2) is 0 Å². The lowest BCUT2D eigenvalue weighted by atomic mass is 10.2. The van der Waals surface area contributed by atoms with Crippen LogP contribution < -0.4 is 10.1 Å². The van der Waals surface area contributed by atoms with Crippen LogP contribution in [0.3, 0.4) is 0 Å². The zero-order chi connectivity index (χ0) is 13.1. The van der Waals surface area contributed by atoms with Crippen LogP contribution in [0.4, 0.5) is 5.82 Å². The first-order valence-corrected chi connectivity index (χ1v) is 5.93. The number of benzene rings is 1. The molecule has 0 aliphatic heterocycles. The lowest BCUT2D eigenvalue weighted by molar-refractivity contribution is 0.458. The molecule has 0 amide bonds. The molecule has 0 bridgehead atoms. The summed E-state index contributed by atoms with van der Waals surface area (Å²) in [6.45, 7) is 3.87. The molecular formula is C13H14ClN3O. The third-order valence-corrected chi connectivity index (χ3v) is 2.86. The first kappa shape index (κ1) is 12.6. The molecule has 0 saturated heterocycles. The van der Waals surface area contributed by atoms with Crippen LogP contribution in [0.5, 0.6) is 11.6 Å². The summed E-state index contributed by atoms with van der Waals surface area (Å²) in [7, 11) is 1.80. The molecule has 2 rings (SSSR count). The summed E-state index contributed by atoms with van der Waals surface area (Å²) >= 11 is 6.12. The predicted octanol–water partition coefficient (Wildman–Crippen LogP) is 3.58. The smallest absolute Gasteiger partial charge is 0.227 e. The third-order valence-electron chi connectivity index (χ3n) is 2.57. The molecule has 0 saturated carbocycles. The molecule has 0 atom stereocenters. The van der Waals surface area contributed by atoms with Crippen molar-refractivity contribution in [3.8, 4) is 11.6 Å². The molecule has 0 fully saturated rings. The molecule has 2 aromatic rings. The molecule has 0 aliphatic carbocycles. The number of ether oxygens (including phenoxy) is 1. The highest BCUT2D eigenvalue weighted by atomic mass is 35.5. The van der Waals surface area contributed by atoms with Crippen molar-refractivity contribution < 1.29 is 4.74 Å². The Bertz CT molecular complexity index is 572. The predicted molar refractivity (Wildman–Crippen MR) is 72.6 cm³/mol. The van der Waals surface area contributed by atoms with Crippen LogP contribution >= 0.6 is 11.6 Å². The topological polar surface area (TPSA) is 47.0 Å². The molecule has 18 heavy (non-hydrogen) atoms. The van der Waals surface area contributed by atoms with Crippen LogP contribution in [0, 0.1) is 13.8 Å². The molecule has 0 spiro atoms. The Balaban J connectivity index is 2.34. The second kappa shape index (κ2) is 5.23. The minimum absolute atomic E-state index is 0.500. The maximum absolute atomic E-state index is 6.12. The van der Waals surface area contributed by atoms with Crippen molar-refractivity contribution in [1.82, 2.24) is 9.97 Å². The minimum Gasteiger partial charge on any atom is -0.437 e. The van der Waals surface area contributed by atoms with Crippen molar-refractivity contribution in [3.05, 3.63) is 40.7 Å². The van der Waals surface area contributed by atoms with Gasteiger partial charge >= 0.3 is 0 Å². The quantitative estimate of drug-likeness (QED) is 0.919. The number of halogens is 1. The average Bonchev–Trinajstić information content (AvgIpc) is 2.35. The monoisotopic (exact) mass is 263 g/mol. The van der Waals surface area contributed by atoms with Crippen molar-refractivity contribution in [2.24, 2.45) is 0 Å². The Morgan fingerprint density at radius 1 is 1.22 bits per heavy atom. The first-order chi connectivity index (χ1) is 8.61. The second-order valence-electron chi connectivity index (χ2n) is 3.94. The lowest BCUT2D eigenvalue weighted by Crippen LogP contribution is -2.00. The van der Waals surface area contributed by atoms with Gasteiger partial charge in [-0.15, -0.1) is 0 Å². The fraction of sp³-hybridized carbons (Fsp3) is 0.231. The number of anilines is 1. The maximum Gasteiger partial charge on any atom is 0.227 e. The molecule has 0 radical (unpaired) electrons. The van der Waals surface area contributed by atoms with Crippen LogP contribution in [-0.2, 0) is 0 Å². The molecule has 94 valence electrons. The number of aryl methyl sites for hydroxylation is 1. The van der Waals surface area contributed by atoms with Gasteiger partial charge in [-0.1, -0.05) is 17.7 Å². The minimum atomic E-state index is 0.500. The van der Waals surface area contributed by atoms with E-state index in [-0.39, 0.29) is 0 Å². The van der Waals surface area contributed by atoms with Gasteiger partial charge < -0.3 is 10.1 Å². The van der Waals surface area contributed by atoms with E-state index in [1.165, 1.54) is 6.33 Å². The molecule has 1 heterocycles. The Labute approximate surface area is 111 Å². The zero-order valence-corrected chi connectivity index (χ0v) is 11.2. The van der Waals surface area contributed by atoms with Gasteiger partial charge in [0, 0.05) is 7.05 Å². The fourth-order valence-corrected chi connectivity index (χ4v) is 1.86. The number of nitrogens with zero attached hydrogens (tertiary/aromatic N) is 2. The van der Waals surface area contributed by atoms with Crippen LogP contribution in [0.25, 0.3) is 0 Å². The summed E-state index contributed by atoms with van der Waals surface area (Å²) in [5.74, 6) is 1.83. The summed E-state index contributed by atoms with van der Waals surface area (Å²) in [6.07, 6.45) is 1.45. The number of aromatic nitrogens is 2. The van der Waals surface area contributed by atoms with E-state index in [0.717, 1.165) is 16.9 Å². The highest BCUT2D eigenvalue weighted by Crippen LogP contribution is 2.31. The van der Waals surface area contributed by atoms with E-state index >= 15 is 0 Å². The van der Waals surface area contributed by atoms with Gasteiger partial charge in [-0.3, -0.25) is 0 Å². The van der Waals surface area contributed by atoms with Gasteiger partial charge in [0.25, 0.3) is 0 Å². The molecule has 1 aromatic carbocycles. The van der Waals surface area contributed by atoms with Crippen molar-refractivity contribution in [2.75, 3.05) is 12.4 Å². The normalized spacial score (nSPS) is 10.2. The molecule has 4 nitrogen and oxygen atoms in total. The van der Waals surface area contributed by atoms with Gasteiger partial charge in [-0.25, -0.2) is 9.97 Å². The summed E-state index contributed by atoms with van der Waals surface area (Å²) < 4.78 is 5.71. The molecule has 0 unspecified atom stereocenters. The van der Waals surface area contributed by atoms with Gasteiger partial charge in [0.1, 0.15) is 17.9 Å². The Kier molecular flexibility index (Phi) is 3.67. The fourth-order valence-electron chi connectivity index (χ4n) is 1.58. The molecule has 0 aliphatic rings. The number of nitrogens with one attached hydrogen (secondary N) is 1. The van der Waals surface area contributed by atoms with E-state index in [2.05, 4.69) is 15.3 Å². The summed E-state index contributed by atoms with van der Waals surface area (Å²) in [4.78, 5) is 8.21. The standard InChI is InChI=1S/C13H14ClN3O/c1-8-4-5-11(10(14)6-8)18-13-9(2)12(15-3)16-7-17-13/h4-7H,1-3H3,(H,15,16,17). The Hall–Kier alpha value is -1.81. The molecular weight excluding hydrogens is 250 g/mol. The average molecular weight is 264 g/mol. The van der Waals surface area contributed by atoms with Gasteiger partial charge in [0.05, 0.1) is 10.6 Å². The summed E-state index contributed by atoms with van der Waals surface area (Å²) in [5, 5.41) is 3.55. The van der Waals surface area contributed by atoms with E-state index in [4.69, 9.17) is 16.3 Å². The van der Waals surface area contributed by atoms with Gasteiger partial charge in [-0.05, 0) is 31.5 Å². The largest absolute Gasteiger partial charge is 0.437 e. The van der Waals surface area contributed by atoms with E-state index in [1.807, 2.05) is 32.0 Å². The van der Waals surface area contributed by atoms with E-state index in [9.17, 15) is 0 Å². The van der Waals surface area contributed by atoms with E-state index < -0.39 is 0 Å². The summed E-state index contributed by atoms with van der Waals surface area (Å²) in [6, 6.07) is 5.63. The molecule has 1 aromatic heterocycles. The van der Waals surface area contributed by atoms with Crippen molar-refractivity contribution in [2.45, 2.75) is 13.8 Å². The van der Waals surface area contributed by atoms with Crippen molar-refractivity contribution in [1.29, 1.82) is 0 Å². The number of hydrogen-bond acceptors (Lipinski definition) is 4. The molecule has 1 N–H and O–H groups in total. The maximum atomic E-state index is 6.12. The van der Waals surface area contributed by atoms with Crippen LogP contribution in [0.1, 0.15) is 11.1 Å². The van der Waals surface area contributed by atoms with Crippen molar-refractivity contribution in [3.63, 3.8) is 0 Å². The number of rotatable bonds is 3. The molecule has 5 heteroatoms. The number of hydrogen-bond donors (Lipinski definition) is 1. The second-order valence-corrected chi connectivity index (χ2v) is 4.35. The van der Waals surface area contributed by atoms with Crippen LogP contribution in [0.2, 0.25) is 5.02 Å². The first-order valence-electron chi connectivity index (χ1n) is 5.55. The highest BCUT2D eigenvalue weighted by molar-refractivity contribution is 6.32. The van der Waals surface area contributed by atoms with Crippen LogP contribution in [0.15, 0.2) is 24.5 Å². The van der Waals surface area contributed by atoms with Crippen molar-refractivity contribution >= 4 is 17.4 Å². The van der Waals surface area contributed by atoms with Crippen LogP contribution in [-0.4, -0.2) is 17.0 Å². The Morgan fingerprint density at radius 2 is 2.00 bits per heavy atom. The zero-order valence-electron chi connectivity index (χ0n) is 10.5. The van der Waals surface area contributed by atoms with Gasteiger partial charge in [-0.2, -0.15) is 0 Å². The Morgan fingerprint density at radius 3 is 2.67 bits per heavy atom. The highest BCUT2D eigenvalue weighted by Gasteiger charge is 2.10. The van der Waals surface area contributed by atoms with Gasteiger partial charge in [0.2, 0.25) is 5.88 Å². The third kappa shape index (κ3) is 2.54. The van der Waals surface area contributed by atoms with E-state index in [0.29, 0.717) is 16.7 Å². The SMILES string of the molecule is CNc1ncnc(Oc2ccc(C)cc2Cl)c1C.